The zero-order valence-electron chi connectivity index (χ0n) is 15.2. The first-order valence-electron chi connectivity index (χ1n) is 8.94. The summed E-state index contributed by atoms with van der Waals surface area (Å²) in [6.07, 6.45) is 1.91. The number of benzene rings is 1. The molecule has 0 unspecified atom stereocenters. The molecule has 1 aromatic rings. The van der Waals surface area contributed by atoms with E-state index in [4.69, 9.17) is 9.47 Å². The van der Waals surface area contributed by atoms with E-state index in [1.807, 2.05) is 32.0 Å². The summed E-state index contributed by atoms with van der Waals surface area (Å²) in [4.78, 5) is 23.7. The monoisotopic (exact) mass is 350 g/mol. The fourth-order valence-corrected chi connectivity index (χ4v) is 8.07. The van der Waals surface area contributed by atoms with Crippen LogP contribution in [0.2, 0.25) is 18.1 Å². The van der Waals surface area contributed by atoms with Gasteiger partial charge in [-0.2, -0.15) is 0 Å². The maximum absolute atomic E-state index is 11.9. The van der Waals surface area contributed by atoms with Crippen molar-refractivity contribution < 1.29 is 19.1 Å². The van der Waals surface area contributed by atoms with Crippen LogP contribution in [-0.4, -0.2) is 33.2 Å². The lowest BCUT2D eigenvalue weighted by molar-refractivity contribution is -0.143. The number of ether oxygens (including phenoxy) is 2. The smallest absolute Gasteiger partial charge is 0.305 e. The van der Waals surface area contributed by atoms with E-state index in [9.17, 15) is 9.59 Å². The first kappa shape index (κ1) is 20.4. The topological polar surface area (TPSA) is 52.6 Å². The van der Waals surface area contributed by atoms with Crippen LogP contribution in [0.25, 0.3) is 0 Å². The summed E-state index contributed by atoms with van der Waals surface area (Å²) in [7, 11) is -1.96. The van der Waals surface area contributed by atoms with E-state index in [0.717, 1.165) is 24.6 Å². The van der Waals surface area contributed by atoms with Crippen LogP contribution in [0, 0.1) is 0 Å². The molecule has 4 nitrogen and oxygen atoms in total. The Hall–Kier alpha value is -1.62. The van der Waals surface area contributed by atoms with Gasteiger partial charge < -0.3 is 9.47 Å². The predicted octanol–water partition coefficient (Wildman–Crippen LogP) is 3.66. The SMILES string of the molecule is CCC[Si](CCC(=O)OCC)(CCC(=O)OCC)c1ccccc1. The fraction of sp³-hybridized carbons (Fsp3) is 0.579. The highest BCUT2D eigenvalue weighted by Gasteiger charge is 2.35. The molecule has 0 N–H and O–H groups in total. The van der Waals surface area contributed by atoms with Crippen LogP contribution in [0.4, 0.5) is 0 Å². The normalized spacial score (nSPS) is 11.1. The summed E-state index contributed by atoms with van der Waals surface area (Å²) >= 11 is 0. The molecule has 0 aromatic heterocycles. The molecule has 0 saturated carbocycles. The van der Waals surface area contributed by atoms with Crippen molar-refractivity contribution in [3.05, 3.63) is 30.3 Å². The van der Waals surface area contributed by atoms with Gasteiger partial charge in [-0.15, -0.1) is 0 Å². The first-order valence-corrected chi connectivity index (χ1v) is 11.6. The molecular weight excluding hydrogens is 320 g/mol. The molecule has 0 aliphatic heterocycles. The van der Waals surface area contributed by atoms with Gasteiger partial charge in [0.1, 0.15) is 0 Å². The lowest BCUT2D eigenvalue weighted by Crippen LogP contribution is -2.48. The summed E-state index contributed by atoms with van der Waals surface area (Å²) in [5.41, 5.74) is 0. The van der Waals surface area contributed by atoms with Crippen LogP contribution >= 0.6 is 0 Å². The molecule has 0 aliphatic carbocycles. The molecule has 0 heterocycles. The molecular formula is C19H30O4Si. The standard InChI is InChI=1S/C19H30O4Si/c1-4-14-24(15-12-18(20)22-5-2,16-13-19(21)23-6-3)17-10-8-7-9-11-17/h7-11H,4-6,12-16H2,1-3H3. The van der Waals surface area contributed by atoms with E-state index < -0.39 is 8.07 Å². The quantitative estimate of drug-likeness (QED) is 0.451. The van der Waals surface area contributed by atoms with Gasteiger partial charge in [0.05, 0.1) is 21.3 Å². The first-order chi connectivity index (χ1) is 11.6. The van der Waals surface area contributed by atoms with E-state index in [-0.39, 0.29) is 11.9 Å². The summed E-state index contributed by atoms with van der Waals surface area (Å²) in [6.45, 7) is 6.64. The number of hydrogen-bond acceptors (Lipinski definition) is 4. The third-order valence-electron chi connectivity index (χ3n) is 4.34. The summed E-state index contributed by atoms with van der Waals surface area (Å²) in [5, 5.41) is 1.32. The van der Waals surface area contributed by atoms with Gasteiger partial charge in [0.15, 0.2) is 0 Å². The Balaban J connectivity index is 2.96. The Labute approximate surface area is 146 Å². The minimum Gasteiger partial charge on any atom is -0.466 e. The second-order valence-electron chi connectivity index (χ2n) is 6.01. The van der Waals surface area contributed by atoms with Gasteiger partial charge in [-0.25, -0.2) is 0 Å². The average molecular weight is 351 g/mol. The van der Waals surface area contributed by atoms with Gasteiger partial charge in [0, 0.05) is 12.8 Å². The third kappa shape index (κ3) is 6.47. The lowest BCUT2D eigenvalue weighted by atomic mass is 10.4. The molecule has 0 fully saturated rings. The van der Waals surface area contributed by atoms with Crippen LogP contribution in [0.3, 0.4) is 0 Å². The Bertz CT molecular complexity index is 479. The van der Waals surface area contributed by atoms with Gasteiger partial charge >= 0.3 is 11.9 Å². The second-order valence-corrected chi connectivity index (χ2v) is 10.6. The minimum absolute atomic E-state index is 0.141. The van der Waals surface area contributed by atoms with E-state index in [0.29, 0.717) is 26.1 Å². The Morgan fingerprint density at radius 2 is 1.33 bits per heavy atom. The lowest BCUT2D eigenvalue weighted by Gasteiger charge is -2.32. The maximum Gasteiger partial charge on any atom is 0.305 e. The molecule has 0 aliphatic rings. The average Bonchev–Trinajstić information content (AvgIpc) is 2.59. The van der Waals surface area contributed by atoms with E-state index in [2.05, 4.69) is 19.1 Å². The highest BCUT2D eigenvalue weighted by Crippen LogP contribution is 2.27. The number of carbonyl (C=O) groups excluding carboxylic acids is 2. The van der Waals surface area contributed by atoms with Gasteiger partial charge in [0.2, 0.25) is 0 Å². The van der Waals surface area contributed by atoms with Crippen molar-refractivity contribution in [1.82, 2.24) is 0 Å². The van der Waals surface area contributed by atoms with Gasteiger partial charge in [-0.3, -0.25) is 9.59 Å². The van der Waals surface area contributed by atoms with Gasteiger partial charge in [-0.05, 0) is 25.9 Å². The molecule has 0 saturated heterocycles. The van der Waals surface area contributed by atoms with Crippen LogP contribution in [-0.2, 0) is 19.1 Å². The zero-order valence-corrected chi connectivity index (χ0v) is 16.2. The molecule has 24 heavy (non-hydrogen) atoms. The molecule has 0 spiro atoms. The molecule has 1 aromatic carbocycles. The van der Waals surface area contributed by atoms with Crippen LogP contribution in [0.1, 0.15) is 40.0 Å². The molecule has 1 rings (SSSR count). The van der Waals surface area contributed by atoms with Crippen LogP contribution in [0.15, 0.2) is 30.3 Å². The van der Waals surface area contributed by atoms with Crippen molar-refractivity contribution in [2.75, 3.05) is 13.2 Å². The van der Waals surface area contributed by atoms with E-state index in [1.54, 1.807) is 0 Å². The Morgan fingerprint density at radius 3 is 1.75 bits per heavy atom. The number of carbonyl (C=O) groups is 2. The van der Waals surface area contributed by atoms with E-state index >= 15 is 0 Å². The van der Waals surface area contributed by atoms with Gasteiger partial charge in [-0.1, -0.05) is 54.9 Å². The molecule has 0 radical (unpaired) electrons. The minimum atomic E-state index is -1.96. The summed E-state index contributed by atoms with van der Waals surface area (Å²) < 4.78 is 10.2. The van der Waals surface area contributed by atoms with Crippen molar-refractivity contribution in [2.45, 2.75) is 58.2 Å². The fourth-order valence-electron chi connectivity index (χ4n) is 3.23. The van der Waals surface area contributed by atoms with Crippen molar-refractivity contribution in [2.24, 2.45) is 0 Å². The highest BCUT2D eigenvalue weighted by molar-refractivity contribution is 6.92. The summed E-state index contributed by atoms with van der Waals surface area (Å²) in [6, 6.07) is 13.1. The van der Waals surface area contributed by atoms with Crippen molar-refractivity contribution in [1.29, 1.82) is 0 Å². The predicted molar refractivity (Wildman–Crippen MR) is 99.0 cm³/mol. The van der Waals surface area contributed by atoms with E-state index in [1.165, 1.54) is 5.19 Å². The molecule has 0 amide bonds. The number of hydrogen-bond donors (Lipinski definition) is 0. The molecule has 134 valence electrons. The number of esters is 2. The van der Waals surface area contributed by atoms with Crippen molar-refractivity contribution in [3.8, 4) is 0 Å². The molecule has 0 bridgehead atoms. The maximum atomic E-state index is 11.9. The molecule has 5 heteroatoms. The van der Waals surface area contributed by atoms with Gasteiger partial charge in [0.25, 0.3) is 0 Å². The highest BCUT2D eigenvalue weighted by atomic mass is 28.3. The van der Waals surface area contributed by atoms with Crippen molar-refractivity contribution >= 4 is 25.2 Å². The van der Waals surface area contributed by atoms with Crippen LogP contribution < -0.4 is 5.19 Å². The largest absolute Gasteiger partial charge is 0.466 e. The number of rotatable bonds is 11. The Morgan fingerprint density at radius 1 is 0.833 bits per heavy atom. The van der Waals surface area contributed by atoms with Crippen molar-refractivity contribution in [3.63, 3.8) is 0 Å². The van der Waals surface area contributed by atoms with Crippen LogP contribution in [0.5, 0.6) is 0 Å². The zero-order chi connectivity index (χ0) is 17.8. The third-order valence-corrected chi connectivity index (χ3v) is 9.77. The Kier molecular flexibility index (Phi) is 9.38. The molecule has 0 atom stereocenters. The second kappa shape index (κ2) is 11.0. The summed E-state index contributed by atoms with van der Waals surface area (Å²) in [5.74, 6) is -0.282.